The van der Waals surface area contributed by atoms with Crippen molar-refractivity contribution >= 4 is 12.4 Å². The number of phenolic OH excluding ortho intramolecular Hbond substituents is 2. The van der Waals surface area contributed by atoms with Crippen LogP contribution < -0.4 is 0 Å². The Morgan fingerprint density at radius 3 is 1.72 bits per heavy atom. The van der Waals surface area contributed by atoms with Crippen molar-refractivity contribution in [1.82, 2.24) is 0 Å². The van der Waals surface area contributed by atoms with Gasteiger partial charge < -0.3 is 10.2 Å². The number of aromatic hydroxyl groups is 2. The minimum Gasteiger partial charge on any atom is -0.507 e. The number of aliphatic imine (C=N–C) groups is 2. The molecule has 2 aromatic rings. The number of rotatable bonds is 6. The number of hydrogen-bond acceptors (Lipinski definition) is 4. The van der Waals surface area contributed by atoms with Crippen LogP contribution in [0.1, 0.15) is 140 Å². The zero-order valence-corrected chi connectivity index (χ0v) is 25.9. The first kappa shape index (κ1) is 29.4. The topological polar surface area (TPSA) is 65.2 Å². The van der Waals surface area contributed by atoms with Crippen molar-refractivity contribution < 1.29 is 10.2 Å². The Hall–Kier alpha value is -2.62. The van der Waals surface area contributed by atoms with E-state index in [1.807, 2.05) is 12.4 Å². The molecular formula is C35H50N2O2. The van der Waals surface area contributed by atoms with Gasteiger partial charge in [0.2, 0.25) is 0 Å². The van der Waals surface area contributed by atoms with Gasteiger partial charge in [-0.3, -0.25) is 9.98 Å². The first-order valence-corrected chi connectivity index (χ1v) is 14.8. The third-order valence-corrected chi connectivity index (χ3v) is 8.97. The van der Waals surface area contributed by atoms with Crippen molar-refractivity contribution in [2.45, 2.75) is 129 Å². The molecule has 0 amide bonds. The minimum atomic E-state index is -0.249. The van der Waals surface area contributed by atoms with Gasteiger partial charge in [-0.05, 0) is 88.7 Å². The largest absolute Gasteiger partial charge is 0.507 e. The molecule has 2 aromatic carbocycles. The molecule has 4 nitrogen and oxygen atoms in total. The van der Waals surface area contributed by atoms with Crippen LogP contribution in [0.2, 0.25) is 0 Å². The molecule has 212 valence electrons. The van der Waals surface area contributed by atoms with E-state index in [9.17, 15) is 10.2 Å². The van der Waals surface area contributed by atoms with Gasteiger partial charge in [-0.15, -0.1) is 0 Å². The third-order valence-electron chi connectivity index (χ3n) is 8.97. The number of benzene rings is 2. The third kappa shape index (κ3) is 5.95. The van der Waals surface area contributed by atoms with Crippen molar-refractivity contribution in [3.8, 4) is 11.5 Å². The molecule has 39 heavy (non-hydrogen) atoms. The zero-order chi connectivity index (χ0) is 28.9. The molecule has 4 heteroatoms. The normalized spacial score (nSPS) is 23.8. The fraction of sp³-hybridized carbons (Fsp3) is 0.600. The summed E-state index contributed by atoms with van der Waals surface area (Å²) < 4.78 is 0. The fourth-order valence-corrected chi connectivity index (χ4v) is 6.27. The molecule has 2 fully saturated rings. The molecular weight excluding hydrogens is 480 g/mol. The van der Waals surface area contributed by atoms with Crippen molar-refractivity contribution in [3.63, 3.8) is 0 Å². The van der Waals surface area contributed by atoms with Gasteiger partial charge in [0.1, 0.15) is 11.5 Å². The summed E-state index contributed by atoms with van der Waals surface area (Å²) in [7, 11) is 0. The molecule has 4 rings (SSSR count). The summed E-state index contributed by atoms with van der Waals surface area (Å²) in [6, 6.07) is 8.56. The lowest BCUT2D eigenvalue weighted by molar-refractivity contribution is 0.367. The van der Waals surface area contributed by atoms with E-state index in [0.717, 1.165) is 41.5 Å². The smallest absolute Gasteiger partial charge is 0.127 e. The maximum absolute atomic E-state index is 11.2. The van der Waals surface area contributed by atoms with E-state index in [4.69, 9.17) is 9.98 Å². The fourth-order valence-electron chi connectivity index (χ4n) is 6.27. The van der Waals surface area contributed by atoms with Crippen molar-refractivity contribution in [2.75, 3.05) is 0 Å². The highest BCUT2D eigenvalue weighted by molar-refractivity contribution is 5.86. The number of fused-ring (bicyclic) bond motifs is 2. The van der Waals surface area contributed by atoms with Crippen LogP contribution in [0.4, 0.5) is 0 Å². The van der Waals surface area contributed by atoms with Gasteiger partial charge in [-0.2, -0.15) is 0 Å². The van der Waals surface area contributed by atoms with Crippen molar-refractivity contribution in [3.05, 3.63) is 57.6 Å². The molecule has 3 unspecified atom stereocenters. The van der Waals surface area contributed by atoms with E-state index >= 15 is 0 Å². The molecule has 2 saturated carbocycles. The first-order valence-electron chi connectivity index (χ1n) is 14.8. The monoisotopic (exact) mass is 530 g/mol. The van der Waals surface area contributed by atoms with Crippen LogP contribution in [0, 0.1) is 5.92 Å². The van der Waals surface area contributed by atoms with E-state index in [1.54, 1.807) is 0 Å². The van der Waals surface area contributed by atoms with Gasteiger partial charge in [0, 0.05) is 23.6 Å². The van der Waals surface area contributed by atoms with Crippen LogP contribution in [0.3, 0.4) is 0 Å². The minimum absolute atomic E-state index is 0.0176. The van der Waals surface area contributed by atoms with Gasteiger partial charge in [-0.1, -0.05) is 81.4 Å². The molecule has 0 aliphatic heterocycles. The lowest BCUT2D eigenvalue weighted by Gasteiger charge is -2.29. The average molecular weight is 531 g/mol. The molecule has 2 aliphatic rings. The molecule has 0 saturated heterocycles. The molecule has 2 aliphatic carbocycles. The summed E-state index contributed by atoms with van der Waals surface area (Å²) in [6.07, 6.45) is 8.06. The zero-order valence-electron chi connectivity index (χ0n) is 25.9. The Morgan fingerprint density at radius 2 is 1.28 bits per heavy atom. The molecule has 2 bridgehead atoms. The first-order chi connectivity index (χ1) is 18.0. The summed E-state index contributed by atoms with van der Waals surface area (Å²) in [4.78, 5) is 10.3. The molecule has 0 aromatic heterocycles. The number of hydrogen-bond donors (Lipinski definition) is 2. The number of nitrogens with zero attached hydrogens (tertiary/aromatic N) is 2. The highest BCUT2D eigenvalue weighted by atomic mass is 16.3. The van der Waals surface area contributed by atoms with E-state index in [1.165, 1.54) is 17.5 Å². The Kier molecular flexibility index (Phi) is 7.84. The van der Waals surface area contributed by atoms with Crippen LogP contribution in [-0.4, -0.2) is 34.2 Å². The lowest BCUT2D eigenvalue weighted by atomic mass is 9.83. The lowest BCUT2D eigenvalue weighted by Crippen LogP contribution is -2.34. The van der Waals surface area contributed by atoms with Crippen LogP contribution in [0.25, 0.3) is 0 Å². The Balaban J connectivity index is 1.70. The van der Waals surface area contributed by atoms with Crippen LogP contribution in [0.15, 0.2) is 34.3 Å². The van der Waals surface area contributed by atoms with Gasteiger partial charge in [0.05, 0.1) is 11.6 Å². The number of phenols is 2. The van der Waals surface area contributed by atoms with Crippen LogP contribution in [0.5, 0.6) is 11.5 Å². The predicted molar refractivity (Wildman–Crippen MR) is 165 cm³/mol. The van der Waals surface area contributed by atoms with Gasteiger partial charge in [-0.25, -0.2) is 0 Å². The Labute approximate surface area is 236 Å². The molecule has 3 atom stereocenters. The summed E-state index contributed by atoms with van der Waals surface area (Å²) in [5.41, 5.74) is 5.68. The van der Waals surface area contributed by atoms with Crippen molar-refractivity contribution in [2.24, 2.45) is 15.9 Å². The summed E-state index contributed by atoms with van der Waals surface area (Å²) in [5, 5.41) is 22.3. The van der Waals surface area contributed by atoms with E-state index in [0.29, 0.717) is 17.4 Å². The quantitative estimate of drug-likeness (QED) is 0.367. The Bertz CT molecular complexity index is 1270. The maximum Gasteiger partial charge on any atom is 0.127 e. The summed E-state index contributed by atoms with van der Waals surface area (Å²) in [6.45, 7) is 21.7. The standard InChI is InChI=1S/C35H50N2O2/c1-21(2)28-16-26(33(5,6)7)14-24(31(28)38)19-36-30-13-23-11-12-35(30,18-23)37-20-25-15-27(34(8,9)10)17-29(22(3)4)32(25)39/h14-17,19-23,30,38-39H,11-13,18H2,1-10H3. The molecule has 0 spiro atoms. The van der Waals surface area contributed by atoms with Crippen LogP contribution in [-0.2, 0) is 10.8 Å². The second-order valence-electron chi connectivity index (χ2n) is 14.8. The molecule has 2 N–H and O–H groups in total. The second-order valence-corrected chi connectivity index (χ2v) is 14.8. The highest BCUT2D eigenvalue weighted by Gasteiger charge is 2.52. The van der Waals surface area contributed by atoms with E-state index < -0.39 is 0 Å². The second kappa shape index (κ2) is 10.4. The van der Waals surface area contributed by atoms with Gasteiger partial charge >= 0.3 is 0 Å². The maximum atomic E-state index is 11.2. The van der Waals surface area contributed by atoms with Crippen LogP contribution >= 0.6 is 0 Å². The molecule has 0 heterocycles. The van der Waals surface area contributed by atoms with Gasteiger partial charge in [0.25, 0.3) is 0 Å². The summed E-state index contributed by atoms with van der Waals surface area (Å²) in [5.74, 6) is 1.77. The Morgan fingerprint density at radius 1 is 0.795 bits per heavy atom. The summed E-state index contributed by atoms with van der Waals surface area (Å²) >= 11 is 0. The SMILES string of the molecule is CC(C)c1cc(C(C)(C)C)cc(C=NC2CC3CCC2(N=Cc2cc(C(C)(C)C)cc(C(C)C)c2O)C3)c1O. The highest BCUT2D eigenvalue weighted by Crippen LogP contribution is 2.52. The average Bonchev–Trinajstić information content (AvgIpc) is 3.39. The molecule has 0 radical (unpaired) electrons. The van der Waals surface area contributed by atoms with Crippen molar-refractivity contribution in [1.29, 1.82) is 0 Å². The van der Waals surface area contributed by atoms with E-state index in [2.05, 4.69) is 93.5 Å². The van der Waals surface area contributed by atoms with Gasteiger partial charge in [0.15, 0.2) is 0 Å². The van der Waals surface area contributed by atoms with E-state index in [-0.39, 0.29) is 34.2 Å². The predicted octanol–water partition coefficient (Wildman–Crippen LogP) is 8.79.